The van der Waals surface area contributed by atoms with Crippen molar-refractivity contribution in [3.8, 4) is 32.6 Å². The Morgan fingerprint density at radius 2 is 1.93 bits per heavy atom. The first kappa shape index (κ1) is 18.1. The summed E-state index contributed by atoms with van der Waals surface area (Å²) in [6, 6.07) is 10.1. The summed E-state index contributed by atoms with van der Waals surface area (Å²) in [5.74, 6) is 2.13. The Morgan fingerprint density at radius 3 is 2.72 bits per heavy atom. The third-order valence-electron chi connectivity index (χ3n) is 4.62. The molecule has 0 saturated heterocycles. The number of thiophene rings is 1. The molecule has 0 fully saturated rings. The third-order valence-corrected chi connectivity index (χ3v) is 6.31. The lowest BCUT2D eigenvalue weighted by molar-refractivity contribution is 0.171. The Bertz CT molecular complexity index is 1110. The van der Waals surface area contributed by atoms with Crippen LogP contribution in [0.1, 0.15) is 18.5 Å². The number of fused-ring (bicyclic) bond motifs is 1. The molecule has 0 amide bonds. The van der Waals surface area contributed by atoms with Gasteiger partial charge in [-0.05, 0) is 36.1 Å². The molecular formula is C21H18N4O2S2. The van der Waals surface area contributed by atoms with Crippen molar-refractivity contribution < 1.29 is 9.47 Å². The molecule has 1 N–H and O–H groups in total. The predicted octanol–water partition coefficient (Wildman–Crippen LogP) is 5.27. The standard InChI is InChI=1S/C21H18N4O2S2/c1-13(14-4-5-16-17(11-14)27-8-7-26-16)24-21-23-12-15(18-3-2-9-28-18)19(25-21)20-22-6-10-29-20/h2-6,9-13H,7-8H2,1H3,(H,23,24,25). The van der Waals surface area contributed by atoms with Gasteiger partial charge in [-0.1, -0.05) is 12.1 Å². The molecule has 4 heterocycles. The fourth-order valence-corrected chi connectivity index (χ4v) is 4.55. The zero-order chi connectivity index (χ0) is 19.6. The maximum absolute atomic E-state index is 5.70. The van der Waals surface area contributed by atoms with Crippen molar-refractivity contribution >= 4 is 28.6 Å². The summed E-state index contributed by atoms with van der Waals surface area (Å²) in [5.41, 5.74) is 2.91. The summed E-state index contributed by atoms with van der Waals surface area (Å²) in [6.07, 6.45) is 3.67. The second kappa shape index (κ2) is 7.81. The number of aromatic nitrogens is 3. The SMILES string of the molecule is CC(Nc1ncc(-c2cccs2)c(-c2nccs2)n1)c1ccc2c(c1)OCCO2. The van der Waals surface area contributed by atoms with Crippen molar-refractivity contribution in [2.75, 3.05) is 18.5 Å². The zero-order valence-electron chi connectivity index (χ0n) is 15.7. The normalized spacial score (nSPS) is 13.8. The number of hydrogen-bond acceptors (Lipinski definition) is 8. The largest absolute Gasteiger partial charge is 0.486 e. The van der Waals surface area contributed by atoms with Gasteiger partial charge in [-0.15, -0.1) is 22.7 Å². The quantitative estimate of drug-likeness (QED) is 0.472. The average molecular weight is 423 g/mol. The molecule has 5 rings (SSSR count). The zero-order valence-corrected chi connectivity index (χ0v) is 17.3. The van der Waals surface area contributed by atoms with Gasteiger partial charge in [0.2, 0.25) is 5.95 Å². The van der Waals surface area contributed by atoms with Crippen LogP contribution in [-0.4, -0.2) is 28.2 Å². The summed E-state index contributed by atoms with van der Waals surface area (Å²) >= 11 is 3.24. The van der Waals surface area contributed by atoms with E-state index in [0.29, 0.717) is 19.2 Å². The monoisotopic (exact) mass is 422 g/mol. The van der Waals surface area contributed by atoms with Gasteiger partial charge in [-0.3, -0.25) is 0 Å². The van der Waals surface area contributed by atoms with E-state index in [1.165, 1.54) is 0 Å². The number of ether oxygens (including phenoxy) is 2. The van der Waals surface area contributed by atoms with Gasteiger partial charge in [-0.25, -0.2) is 15.0 Å². The van der Waals surface area contributed by atoms with Crippen molar-refractivity contribution in [2.24, 2.45) is 0 Å². The van der Waals surface area contributed by atoms with Gasteiger partial charge in [0.05, 0.1) is 6.04 Å². The van der Waals surface area contributed by atoms with Crippen LogP contribution < -0.4 is 14.8 Å². The van der Waals surface area contributed by atoms with Gasteiger partial charge in [-0.2, -0.15) is 0 Å². The van der Waals surface area contributed by atoms with Crippen molar-refractivity contribution in [3.63, 3.8) is 0 Å². The van der Waals surface area contributed by atoms with Gasteiger partial charge in [0.25, 0.3) is 0 Å². The molecule has 0 bridgehead atoms. The Labute approximate surface area is 176 Å². The Morgan fingerprint density at radius 1 is 1.03 bits per heavy atom. The lowest BCUT2D eigenvalue weighted by Gasteiger charge is -2.21. The van der Waals surface area contributed by atoms with Crippen LogP contribution >= 0.6 is 22.7 Å². The van der Waals surface area contributed by atoms with Crippen LogP contribution in [0.25, 0.3) is 21.1 Å². The number of nitrogens with zero attached hydrogens (tertiary/aromatic N) is 3. The first-order chi connectivity index (χ1) is 14.3. The van der Waals surface area contributed by atoms with Crippen LogP contribution in [0.3, 0.4) is 0 Å². The van der Waals surface area contributed by atoms with Crippen LogP contribution in [-0.2, 0) is 0 Å². The molecule has 0 aliphatic carbocycles. The molecule has 0 saturated carbocycles. The van der Waals surface area contributed by atoms with E-state index in [-0.39, 0.29) is 6.04 Å². The molecule has 1 aliphatic rings. The topological polar surface area (TPSA) is 69.2 Å². The van der Waals surface area contributed by atoms with E-state index in [9.17, 15) is 0 Å². The van der Waals surface area contributed by atoms with Crippen LogP contribution in [0, 0.1) is 0 Å². The number of nitrogens with one attached hydrogen (secondary N) is 1. The molecule has 0 spiro atoms. The highest BCUT2D eigenvalue weighted by Gasteiger charge is 2.18. The van der Waals surface area contributed by atoms with E-state index in [1.807, 2.05) is 35.8 Å². The molecule has 1 aliphatic heterocycles. The van der Waals surface area contributed by atoms with Crippen molar-refractivity contribution in [1.29, 1.82) is 0 Å². The highest BCUT2D eigenvalue weighted by Crippen LogP contribution is 2.36. The highest BCUT2D eigenvalue weighted by atomic mass is 32.1. The van der Waals surface area contributed by atoms with E-state index in [1.54, 1.807) is 28.9 Å². The fourth-order valence-electron chi connectivity index (χ4n) is 3.17. The lowest BCUT2D eigenvalue weighted by Crippen LogP contribution is -2.16. The second-order valence-corrected chi connectivity index (χ2v) is 8.38. The summed E-state index contributed by atoms with van der Waals surface area (Å²) in [6.45, 7) is 3.23. The molecular weight excluding hydrogens is 404 g/mol. The molecule has 29 heavy (non-hydrogen) atoms. The summed E-state index contributed by atoms with van der Waals surface area (Å²) in [5, 5.41) is 8.29. The number of thiazole rings is 1. The Kier molecular flexibility index (Phi) is 4.87. The fraction of sp³-hybridized carbons (Fsp3) is 0.190. The number of rotatable bonds is 5. The molecule has 146 valence electrons. The molecule has 6 nitrogen and oxygen atoms in total. The van der Waals surface area contributed by atoms with Gasteiger partial charge in [0, 0.05) is 28.2 Å². The van der Waals surface area contributed by atoms with Gasteiger partial charge >= 0.3 is 0 Å². The van der Waals surface area contributed by atoms with Gasteiger partial charge < -0.3 is 14.8 Å². The van der Waals surface area contributed by atoms with Crippen molar-refractivity contribution in [2.45, 2.75) is 13.0 Å². The molecule has 0 radical (unpaired) electrons. The Hall–Kier alpha value is -2.97. The number of benzene rings is 1. The molecule has 8 heteroatoms. The minimum atomic E-state index is 0.00237. The number of hydrogen-bond donors (Lipinski definition) is 1. The minimum Gasteiger partial charge on any atom is -0.486 e. The molecule has 3 aromatic heterocycles. The molecule has 1 aromatic carbocycles. The first-order valence-electron chi connectivity index (χ1n) is 9.25. The third kappa shape index (κ3) is 3.68. The summed E-state index contributed by atoms with van der Waals surface area (Å²) in [7, 11) is 0. The highest BCUT2D eigenvalue weighted by molar-refractivity contribution is 7.14. The molecule has 4 aromatic rings. The maximum Gasteiger partial charge on any atom is 0.223 e. The number of anilines is 1. The maximum atomic E-state index is 5.70. The first-order valence-corrected chi connectivity index (χ1v) is 11.0. The van der Waals surface area contributed by atoms with Gasteiger partial charge in [0.15, 0.2) is 11.5 Å². The van der Waals surface area contributed by atoms with E-state index < -0.39 is 0 Å². The Balaban J connectivity index is 1.45. The van der Waals surface area contributed by atoms with Gasteiger partial charge in [0.1, 0.15) is 23.9 Å². The summed E-state index contributed by atoms with van der Waals surface area (Å²) < 4.78 is 11.3. The molecule has 1 unspecified atom stereocenters. The smallest absolute Gasteiger partial charge is 0.223 e. The van der Waals surface area contributed by atoms with Crippen LogP contribution in [0.2, 0.25) is 0 Å². The van der Waals surface area contributed by atoms with E-state index in [2.05, 4.69) is 33.7 Å². The van der Waals surface area contributed by atoms with E-state index >= 15 is 0 Å². The lowest BCUT2D eigenvalue weighted by atomic mass is 10.1. The predicted molar refractivity (Wildman–Crippen MR) is 116 cm³/mol. The van der Waals surface area contributed by atoms with Crippen LogP contribution in [0.5, 0.6) is 11.5 Å². The van der Waals surface area contributed by atoms with E-state index in [0.717, 1.165) is 38.2 Å². The van der Waals surface area contributed by atoms with E-state index in [4.69, 9.17) is 14.5 Å². The average Bonchev–Trinajstić information content (AvgIpc) is 3.47. The van der Waals surface area contributed by atoms with Crippen LogP contribution in [0.15, 0.2) is 53.5 Å². The minimum absolute atomic E-state index is 0.00237. The second-order valence-electron chi connectivity index (χ2n) is 6.54. The molecule has 1 atom stereocenters. The van der Waals surface area contributed by atoms with Crippen LogP contribution in [0.4, 0.5) is 5.95 Å². The van der Waals surface area contributed by atoms with Crippen molar-refractivity contribution in [3.05, 3.63) is 59.0 Å². The van der Waals surface area contributed by atoms with Crippen molar-refractivity contribution in [1.82, 2.24) is 15.0 Å². The summed E-state index contributed by atoms with van der Waals surface area (Å²) in [4.78, 5) is 14.9.